The second kappa shape index (κ2) is 5.87. The summed E-state index contributed by atoms with van der Waals surface area (Å²) in [6, 6.07) is 1.65. The molecule has 3 aromatic heterocycles. The molecule has 4 atom stereocenters. The van der Waals surface area contributed by atoms with Gasteiger partial charge in [0.1, 0.15) is 10.7 Å². The van der Waals surface area contributed by atoms with Crippen molar-refractivity contribution in [3.63, 3.8) is 0 Å². The Balaban J connectivity index is 1.59. The molecule has 0 aromatic carbocycles. The Morgan fingerprint density at radius 2 is 2.30 bits per heavy atom. The summed E-state index contributed by atoms with van der Waals surface area (Å²) < 4.78 is 1.98. The van der Waals surface area contributed by atoms with Gasteiger partial charge in [0.05, 0.1) is 31.2 Å². The van der Waals surface area contributed by atoms with Gasteiger partial charge in [-0.3, -0.25) is 0 Å². The van der Waals surface area contributed by atoms with E-state index in [1.807, 2.05) is 11.5 Å². The molecule has 3 heterocycles. The van der Waals surface area contributed by atoms with E-state index in [0.717, 1.165) is 36.4 Å². The highest BCUT2D eigenvalue weighted by Gasteiger charge is 2.62. The molecule has 0 unspecified atom stereocenters. The number of anilines is 1. The fourth-order valence-electron chi connectivity index (χ4n) is 4.92. The number of aryl methyl sites for hydroxylation is 1. The number of rotatable bonds is 4. The van der Waals surface area contributed by atoms with E-state index in [1.54, 1.807) is 19.4 Å². The number of nitrogens with one attached hydrogen (secondary N) is 1. The number of pyridine rings is 1. The molecular formula is C17H21ClN8O. The zero-order valence-corrected chi connectivity index (χ0v) is 15.9. The maximum Gasteiger partial charge on any atom is 0.181 e. The zero-order valence-electron chi connectivity index (χ0n) is 15.2. The molecule has 0 spiro atoms. The van der Waals surface area contributed by atoms with Crippen LogP contribution in [-0.2, 0) is 12.5 Å². The van der Waals surface area contributed by atoms with E-state index in [4.69, 9.17) is 11.6 Å². The highest BCUT2D eigenvalue weighted by Crippen LogP contribution is 2.62. The smallest absolute Gasteiger partial charge is 0.181 e. The molecule has 0 amide bonds. The Morgan fingerprint density at radius 3 is 2.96 bits per heavy atom. The van der Waals surface area contributed by atoms with Crippen molar-refractivity contribution in [1.82, 2.24) is 34.7 Å². The second-order valence-corrected chi connectivity index (χ2v) is 7.90. The van der Waals surface area contributed by atoms with Crippen LogP contribution in [0.4, 0.5) is 5.69 Å². The number of nitrogens with zero attached hydrogens (tertiary/aromatic N) is 7. The van der Waals surface area contributed by atoms with Crippen molar-refractivity contribution in [3.05, 3.63) is 23.4 Å². The molecule has 9 nitrogen and oxygen atoms in total. The third-order valence-corrected chi connectivity index (χ3v) is 6.33. The number of imidazole rings is 1. The van der Waals surface area contributed by atoms with Gasteiger partial charge in [0.25, 0.3) is 0 Å². The minimum atomic E-state index is -0.526. The predicted molar refractivity (Wildman–Crippen MR) is 99.6 cm³/mol. The van der Waals surface area contributed by atoms with E-state index in [2.05, 4.69) is 30.7 Å². The van der Waals surface area contributed by atoms with E-state index in [-0.39, 0.29) is 17.4 Å². The summed E-state index contributed by atoms with van der Waals surface area (Å²) >= 11 is 6.25. The normalized spacial score (nSPS) is 29.7. The van der Waals surface area contributed by atoms with E-state index < -0.39 is 6.10 Å². The van der Waals surface area contributed by atoms with Crippen LogP contribution in [0.3, 0.4) is 0 Å². The van der Waals surface area contributed by atoms with E-state index in [0.29, 0.717) is 17.2 Å². The second-order valence-electron chi connectivity index (χ2n) is 7.51. The summed E-state index contributed by atoms with van der Waals surface area (Å²) in [5.74, 6) is 0.948. The van der Waals surface area contributed by atoms with Crippen molar-refractivity contribution in [2.45, 2.75) is 43.7 Å². The van der Waals surface area contributed by atoms with Gasteiger partial charge in [0.2, 0.25) is 0 Å². The highest BCUT2D eigenvalue weighted by molar-refractivity contribution is 6.30. The fraction of sp³-hybridized carbons (Fsp3) is 0.588. The molecule has 3 aromatic rings. The van der Waals surface area contributed by atoms with E-state index in [9.17, 15) is 5.11 Å². The van der Waals surface area contributed by atoms with Crippen LogP contribution >= 0.6 is 11.6 Å². The number of aromatic nitrogens is 7. The van der Waals surface area contributed by atoms with E-state index >= 15 is 0 Å². The quantitative estimate of drug-likeness (QED) is 0.655. The first kappa shape index (κ1) is 16.9. The maximum absolute atomic E-state index is 11.0. The van der Waals surface area contributed by atoms with Gasteiger partial charge in [-0.25, -0.2) is 9.97 Å². The molecule has 2 aliphatic rings. The van der Waals surface area contributed by atoms with Crippen LogP contribution in [0.2, 0.25) is 5.15 Å². The summed E-state index contributed by atoms with van der Waals surface area (Å²) in [6.07, 6.45) is 3.82. The van der Waals surface area contributed by atoms with Gasteiger partial charge < -0.3 is 15.0 Å². The lowest BCUT2D eigenvalue weighted by Crippen LogP contribution is -2.43. The lowest BCUT2D eigenvalue weighted by atomic mass is 9.60. The molecule has 5 rings (SSSR count). The van der Waals surface area contributed by atoms with Crippen molar-refractivity contribution >= 4 is 28.5 Å². The molecular weight excluding hydrogens is 368 g/mol. The molecule has 27 heavy (non-hydrogen) atoms. The largest absolute Gasteiger partial charge is 0.391 e. The Kier molecular flexibility index (Phi) is 3.67. The standard InChI is InChI=1S/C17H21ClN8O/c1-3-19-10-6-12(18)21-15-13(10)20-8-26(15)14-9-4-5-17(9,7-11(14)27)16-22-24-25(2)23-16/h6,8-9,11,14,27H,3-5,7H2,1-2H3,(H,19,21)/t9-,11-,14-,17-/m1/s1. The topological polar surface area (TPSA) is 107 Å². The molecule has 2 saturated carbocycles. The molecule has 2 aliphatic carbocycles. The summed E-state index contributed by atoms with van der Waals surface area (Å²) in [4.78, 5) is 10.6. The maximum atomic E-state index is 11.0. The average Bonchev–Trinajstić information content (AvgIpc) is 3.26. The summed E-state index contributed by atoms with van der Waals surface area (Å²) in [5.41, 5.74) is 2.09. The number of hydrogen-bond acceptors (Lipinski definition) is 7. The van der Waals surface area contributed by atoms with E-state index in [1.165, 1.54) is 4.80 Å². The van der Waals surface area contributed by atoms with Crippen LogP contribution < -0.4 is 5.32 Å². The van der Waals surface area contributed by atoms with Crippen LogP contribution in [-0.4, -0.2) is 52.5 Å². The molecule has 0 radical (unpaired) electrons. The van der Waals surface area contributed by atoms with Gasteiger partial charge in [-0.05, 0) is 37.3 Å². The predicted octanol–water partition coefficient (Wildman–Crippen LogP) is 1.69. The van der Waals surface area contributed by atoms with Crippen LogP contribution in [0.1, 0.15) is 38.1 Å². The minimum Gasteiger partial charge on any atom is -0.391 e. The summed E-state index contributed by atoms with van der Waals surface area (Å²) in [5, 5.41) is 27.4. The first-order valence-corrected chi connectivity index (χ1v) is 9.61. The summed E-state index contributed by atoms with van der Waals surface area (Å²) in [7, 11) is 1.77. The van der Waals surface area contributed by atoms with Gasteiger partial charge >= 0.3 is 0 Å². The zero-order chi connectivity index (χ0) is 18.8. The first-order valence-electron chi connectivity index (χ1n) is 9.23. The van der Waals surface area contributed by atoms with Crippen LogP contribution in [0, 0.1) is 5.92 Å². The van der Waals surface area contributed by atoms with Crippen LogP contribution in [0.15, 0.2) is 12.4 Å². The first-order chi connectivity index (χ1) is 13.0. The molecule has 0 saturated heterocycles. The number of halogens is 1. The third kappa shape index (κ3) is 2.31. The molecule has 142 valence electrons. The molecule has 10 heteroatoms. The van der Waals surface area contributed by atoms with Crippen molar-refractivity contribution in [2.75, 3.05) is 11.9 Å². The van der Waals surface area contributed by atoms with Crippen molar-refractivity contribution in [3.8, 4) is 0 Å². The average molecular weight is 389 g/mol. The lowest BCUT2D eigenvalue weighted by Gasteiger charge is -2.44. The fourth-order valence-corrected chi connectivity index (χ4v) is 5.11. The van der Waals surface area contributed by atoms with Crippen LogP contribution in [0.25, 0.3) is 11.2 Å². The number of tetrazole rings is 1. The van der Waals surface area contributed by atoms with Crippen molar-refractivity contribution in [1.29, 1.82) is 0 Å². The number of aliphatic hydroxyl groups excluding tert-OH is 1. The summed E-state index contributed by atoms with van der Waals surface area (Å²) in [6.45, 7) is 2.78. The SMILES string of the molecule is CCNc1cc(Cl)nc2c1ncn2[C@H]1[C@H](O)C[C@]2(c3nnn(C)n3)CC[C@H]12. The minimum absolute atomic E-state index is 0.131. The highest BCUT2D eigenvalue weighted by atomic mass is 35.5. The molecule has 0 aliphatic heterocycles. The Labute approximate surface area is 160 Å². The monoisotopic (exact) mass is 388 g/mol. The number of aliphatic hydroxyl groups is 1. The van der Waals surface area contributed by atoms with Gasteiger partial charge in [0, 0.05) is 18.0 Å². The van der Waals surface area contributed by atoms with Gasteiger partial charge in [-0.2, -0.15) is 4.80 Å². The Morgan fingerprint density at radius 1 is 1.44 bits per heavy atom. The number of fused-ring (bicyclic) bond motifs is 2. The molecule has 2 fully saturated rings. The Hall–Kier alpha value is -2.26. The van der Waals surface area contributed by atoms with Gasteiger partial charge in [-0.1, -0.05) is 11.6 Å². The van der Waals surface area contributed by atoms with Crippen molar-refractivity contribution < 1.29 is 5.11 Å². The molecule has 2 N–H and O–H groups in total. The van der Waals surface area contributed by atoms with Gasteiger partial charge in [0.15, 0.2) is 11.5 Å². The number of hydrogen-bond donors (Lipinski definition) is 2. The molecule has 0 bridgehead atoms. The third-order valence-electron chi connectivity index (χ3n) is 6.13. The Bertz CT molecular complexity index is 1020. The lowest BCUT2D eigenvalue weighted by molar-refractivity contribution is 0.101. The van der Waals surface area contributed by atoms with Crippen molar-refractivity contribution in [2.24, 2.45) is 13.0 Å². The van der Waals surface area contributed by atoms with Crippen LogP contribution in [0.5, 0.6) is 0 Å². The van der Waals surface area contributed by atoms with Gasteiger partial charge in [-0.15, -0.1) is 10.2 Å².